The van der Waals surface area contributed by atoms with Gasteiger partial charge in [-0.25, -0.2) is 0 Å². The van der Waals surface area contributed by atoms with Gasteiger partial charge in [-0.05, 0) is 35.0 Å². The van der Waals surface area contributed by atoms with Crippen molar-refractivity contribution in [3.8, 4) is 5.75 Å². The van der Waals surface area contributed by atoms with Gasteiger partial charge in [0.15, 0.2) is 5.76 Å². The summed E-state index contributed by atoms with van der Waals surface area (Å²) in [4.78, 5) is 35.4. The predicted octanol–water partition coefficient (Wildman–Crippen LogP) is 3.97. The minimum absolute atomic E-state index is 0.00516. The van der Waals surface area contributed by atoms with Gasteiger partial charge in [-0.3, -0.25) is 19.7 Å². The van der Waals surface area contributed by atoms with Crippen molar-refractivity contribution in [2.75, 3.05) is 0 Å². The van der Waals surface area contributed by atoms with E-state index in [0.29, 0.717) is 5.56 Å². The van der Waals surface area contributed by atoms with Crippen LogP contribution in [0.2, 0.25) is 0 Å². The lowest BCUT2D eigenvalue weighted by Gasteiger charge is -2.18. The second-order valence-corrected chi connectivity index (χ2v) is 5.95. The summed E-state index contributed by atoms with van der Waals surface area (Å²) in [5.74, 6) is -0.904. The summed E-state index contributed by atoms with van der Waals surface area (Å²) in [5, 5.41) is 11.0. The topological polar surface area (TPSA) is 86.5 Å². The van der Waals surface area contributed by atoms with E-state index >= 15 is 0 Å². The first-order chi connectivity index (χ1) is 11.4. The van der Waals surface area contributed by atoms with E-state index < -0.39 is 10.7 Å². The van der Waals surface area contributed by atoms with Crippen molar-refractivity contribution in [2.24, 2.45) is 0 Å². The SMILES string of the molecule is Cc1ccc(OC2=C(Br)C(=O)c3ccccc3C2=O)cc1[N+](=O)[O-]. The van der Waals surface area contributed by atoms with Gasteiger partial charge in [0, 0.05) is 16.7 Å². The molecule has 0 saturated carbocycles. The normalized spacial score (nSPS) is 13.8. The molecule has 0 saturated heterocycles. The molecule has 0 radical (unpaired) electrons. The van der Waals surface area contributed by atoms with Crippen molar-refractivity contribution >= 4 is 33.2 Å². The molecule has 2 aromatic carbocycles. The van der Waals surface area contributed by atoms with Crippen molar-refractivity contribution in [1.29, 1.82) is 0 Å². The zero-order valence-corrected chi connectivity index (χ0v) is 14.0. The average molecular weight is 388 g/mol. The number of hydrogen-bond donors (Lipinski definition) is 0. The van der Waals surface area contributed by atoms with Crippen LogP contribution in [0.15, 0.2) is 52.7 Å². The molecule has 0 aliphatic heterocycles. The van der Waals surface area contributed by atoms with Crippen LogP contribution in [0, 0.1) is 17.0 Å². The third-order valence-corrected chi connectivity index (χ3v) is 4.34. The lowest BCUT2D eigenvalue weighted by molar-refractivity contribution is -0.385. The Morgan fingerprint density at radius 2 is 1.67 bits per heavy atom. The highest BCUT2D eigenvalue weighted by Gasteiger charge is 2.32. The van der Waals surface area contributed by atoms with Crippen molar-refractivity contribution < 1.29 is 19.2 Å². The number of nitro groups is 1. The quantitative estimate of drug-likeness (QED) is 0.587. The molecule has 0 bridgehead atoms. The van der Waals surface area contributed by atoms with E-state index in [1.807, 2.05) is 0 Å². The molecular formula is C17H10BrNO5. The van der Waals surface area contributed by atoms with Gasteiger partial charge in [0.05, 0.1) is 11.0 Å². The first kappa shape index (κ1) is 16.1. The molecule has 7 heteroatoms. The van der Waals surface area contributed by atoms with E-state index in [-0.39, 0.29) is 38.6 Å². The van der Waals surface area contributed by atoms with E-state index in [1.54, 1.807) is 25.1 Å². The number of hydrogen-bond acceptors (Lipinski definition) is 5. The van der Waals surface area contributed by atoms with Crippen molar-refractivity contribution in [2.45, 2.75) is 6.92 Å². The summed E-state index contributed by atoms with van der Waals surface area (Å²) >= 11 is 3.10. The summed E-state index contributed by atoms with van der Waals surface area (Å²) in [7, 11) is 0. The fraction of sp³-hybridized carbons (Fsp3) is 0.0588. The molecule has 3 rings (SSSR count). The van der Waals surface area contributed by atoms with Gasteiger partial charge < -0.3 is 4.74 Å². The number of carbonyl (C=O) groups is 2. The summed E-state index contributed by atoms with van der Waals surface area (Å²) in [6.07, 6.45) is 0. The summed E-state index contributed by atoms with van der Waals surface area (Å²) in [5.41, 5.74) is 0.870. The van der Waals surface area contributed by atoms with E-state index in [1.165, 1.54) is 24.3 Å². The Kier molecular flexibility index (Phi) is 4.02. The maximum atomic E-state index is 12.6. The number of benzene rings is 2. The Bertz CT molecular complexity index is 932. The number of carbonyl (C=O) groups excluding carboxylic acids is 2. The monoisotopic (exact) mass is 387 g/mol. The van der Waals surface area contributed by atoms with Crippen molar-refractivity contribution in [3.05, 3.63) is 79.5 Å². The lowest BCUT2D eigenvalue weighted by Crippen LogP contribution is -2.22. The minimum Gasteiger partial charge on any atom is -0.452 e. The Morgan fingerprint density at radius 3 is 2.29 bits per heavy atom. The molecule has 0 atom stereocenters. The molecule has 0 fully saturated rings. The lowest BCUT2D eigenvalue weighted by atomic mass is 9.93. The summed E-state index contributed by atoms with van der Waals surface area (Å²) in [6, 6.07) is 10.7. The van der Waals surface area contributed by atoms with Crippen LogP contribution < -0.4 is 4.74 Å². The molecule has 0 amide bonds. The molecule has 0 aromatic heterocycles. The molecule has 0 spiro atoms. The van der Waals surface area contributed by atoms with E-state index in [0.717, 1.165) is 0 Å². The third-order valence-electron chi connectivity index (χ3n) is 3.62. The van der Waals surface area contributed by atoms with Crippen molar-refractivity contribution in [3.63, 3.8) is 0 Å². The number of allylic oxidation sites excluding steroid dienone is 2. The molecular weight excluding hydrogens is 378 g/mol. The second-order valence-electron chi connectivity index (χ2n) is 5.15. The summed E-state index contributed by atoms with van der Waals surface area (Å²) < 4.78 is 5.51. The highest BCUT2D eigenvalue weighted by Crippen LogP contribution is 2.32. The Labute approximate surface area is 145 Å². The first-order valence-electron chi connectivity index (χ1n) is 6.91. The zero-order chi connectivity index (χ0) is 17.4. The number of Topliss-reactive ketones (excluding diaryl/α,β-unsaturated/α-hetero) is 2. The maximum absolute atomic E-state index is 12.6. The van der Waals surface area contributed by atoms with Crippen LogP contribution in [-0.4, -0.2) is 16.5 Å². The smallest absolute Gasteiger partial charge is 0.276 e. The molecule has 2 aromatic rings. The zero-order valence-electron chi connectivity index (χ0n) is 12.4. The van der Waals surface area contributed by atoms with E-state index in [9.17, 15) is 19.7 Å². The number of fused-ring (bicyclic) bond motifs is 1. The number of nitrogens with zero attached hydrogens (tertiary/aromatic N) is 1. The highest BCUT2D eigenvalue weighted by atomic mass is 79.9. The number of nitro benzene ring substituents is 1. The Balaban J connectivity index is 2.03. The van der Waals surface area contributed by atoms with Crippen LogP contribution in [0.3, 0.4) is 0 Å². The fourth-order valence-electron chi connectivity index (χ4n) is 2.38. The van der Waals surface area contributed by atoms with Gasteiger partial charge in [-0.15, -0.1) is 0 Å². The number of aryl methyl sites for hydroxylation is 1. The number of ketones is 2. The van der Waals surface area contributed by atoms with Crippen LogP contribution in [0.25, 0.3) is 0 Å². The van der Waals surface area contributed by atoms with E-state index in [4.69, 9.17) is 4.74 Å². The van der Waals surface area contributed by atoms with Gasteiger partial charge in [-0.1, -0.05) is 24.3 Å². The molecule has 1 aliphatic carbocycles. The molecule has 0 heterocycles. The minimum atomic E-state index is -0.533. The largest absolute Gasteiger partial charge is 0.452 e. The summed E-state index contributed by atoms with van der Waals surface area (Å²) in [6.45, 7) is 1.60. The van der Waals surface area contributed by atoms with Crippen LogP contribution in [0.5, 0.6) is 5.75 Å². The van der Waals surface area contributed by atoms with Gasteiger partial charge in [0.2, 0.25) is 11.6 Å². The molecule has 0 N–H and O–H groups in total. The van der Waals surface area contributed by atoms with Gasteiger partial charge in [0.1, 0.15) is 10.2 Å². The fourth-order valence-corrected chi connectivity index (χ4v) is 2.86. The van der Waals surface area contributed by atoms with E-state index in [2.05, 4.69) is 15.9 Å². The predicted molar refractivity (Wildman–Crippen MR) is 89.5 cm³/mol. The van der Waals surface area contributed by atoms with Crippen LogP contribution in [-0.2, 0) is 0 Å². The van der Waals surface area contributed by atoms with Crippen LogP contribution >= 0.6 is 15.9 Å². The van der Waals surface area contributed by atoms with Gasteiger partial charge in [0.25, 0.3) is 5.69 Å². The molecule has 120 valence electrons. The Hall–Kier alpha value is -2.80. The number of ether oxygens (including phenoxy) is 1. The molecule has 0 unspecified atom stereocenters. The van der Waals surface area contributed by atoms with Crippen LogP contribution in [0.1, 0.15) is 26.3 Å². The van der Waals surface area contributed by atoms with Gasteiger partial charge in [-0.2, -0.15) is 0 Å². The van der Waals surface area contributed by atoms with Gasteiger partial charge >= 0.3 is 0 Å². The third kappa shape index (κ3) is 2.63. The Morgan fingerprint density at radius 1 is 1.04 bits per heavy atom. The first-order valence-corrected chi connectivity index (χ1v) is 7.70. The second kappa shape index (κ2) is 6.01. The number of halogens is 1. The number of rotatable bonds is 3. The van der Waals surface area contributed by atoms with Crippen molar-refractivity contribution in [1.82, 2.24) is 0 Å². The maximum Gasteiger partial charge on any atom is 0.276 e. The standard InChI is InChI=1S/C17H10BrNO5/c1-9-6-7-10(8-13(9)19(22)23)24-17-14(18)15(20)11-4-2-3-5-12(11)16(17)21/h2-8H,1H3. The molecule has 24 heavy (non-hydrogen) atoms. The average Bonchev–Trinajstić information content (AvgIpc) is 2.58. The molecule has 6 nitrogen and oxygen atoms in total. The van der Waals surface area contributed by atoms with Crippen LogP contribution in [0.4, 0.5) is 5.69 Å². The molecule has 1 aliphatic rings. The highest BCUT2D eigenvalue weighted by molar-refractivity contribution is 9.12.